The van der Waals surface area contributed by atoms with E-state index in [1.54, 1.807) is 23.1 Å². The predicted octanol–water partition coefficient (Wildman–Crippen LogP) is 4.78. The molecule has 0 atom stereocenters. The molecule has 1 spiro atoms. The second-order valence-corrected chi connectivity index (χ2v) is 11.1. The molecule has 3 heterocycles. The van der Waals surface area contributed by atoms with Crippen LogP contribution in [0, 0.1) is 0 Å². The van der Waals surface area contributed by atoms with Gasteiger partial charge >= 0.3 is 0 Å². The molecular formula is C24H25N3O4S2. The molecule has 1 saturated carbocycles. The Balaban J connectivity index is 1.01. The maximum absolute atomic E-state index is 12.5. The van der Waals surface area contributed by atoms with Gasteiger partial charge in [0.05, 0.1) is 11.1 Å². The molecule has 3 aromatic rings. The normalized spacial score (nSPS) is 17.7. The van der Waals surface area contributed by atoms with Crippen LogP contribution in [0.5, 0.6) is 11.5 Å². The number of ether oxygens (including phenoxy) is 2. The Kier molecular flexibility index (Phi) is 5.33. The molecule has 0 radical (unpaired) electrons. The number of hydrogen-bond donors (Lipinski definition) is 2. The first kappa shape index (κ1) is 21.0. The first-order chi connectivity index (χ1) is 16.1. The number of H-pyrrole nitrogens is 1. The Hall–Kier alpha value is -2.52. The summed E-state index contributed by atoms with van der Waals surface area (Å²) in [6, 6.07) is 5.56. The van der Waals surface area contributed by atoms with Gasteiger partial charge in [-0.3, -0.25) is 9.59 Å². The van der Waals surface area contributed by atoms with Crippen molar-refractivity contribution in [1.82, 2.24) is 9.97 Å². The molecule has 1 aromatic carbocycles. The molecule has 33 heavy (non-hydrogen) atoms. The van der Waals surface area contributed by atoms with Crippen molar-refractivity contribution in [3.63, 3.8) is 0 Å². The van der Waals surface area contributed by atoms with Gasteiger partial charge in [-0.2, -0.15) is 11.8 Å². The highest BCUT2D eigenvalue weighted by molar-refractivity contribution is 7.98. The average molecular weight is 484 g/mol. The van der Waals surface area contributed by atoms with Crippen LogP contribution in [0.1, 0.15) is 54.8 Å². The van der Waals surface area contributed by atoms with Crippen LogP contribution in [0.25, 0.3) is 10.2 Å². The van der Waals surface area contributed by atoms with Crippen molar-refractivity contribution in [3.8, 4) is 11.5 Å². The van der Waals surface area contributed by atoms with E-state index in [0.29, 0.717) is 35.2 Å². The number of nitrogens with one attached hydrogen (secondary N) is 2. The fraction of sp³-hybridized carbons (Fsp3) is 0.458. The van der Waals surface area contributed by atoms with Crippen LogP contribution in [0.3, 0.4) is 0 Å². The number of amides is 1. The van der Waals surface area contributed by atoms with Gasteiger partial charge in [0.2, 0.25) is 5.91 Å². The van der Waals surface area contributed by atoms with Crippen LogP contribution in [-0.2, 0) is 23.4 Å². The lowest BCUT2D eigenvalue weighted by Gasteiger charge is -2.21. The summed E-state index contributed by atoms with van der Waals surface area (Å²) in [5.74, 6) is 2.80. The van der Waals surface area contributed by atoms with Crippen LogP contribution in [-0.4, -0.2) is 27.4 Å². The van der Waals surface area contributed by atoms with Crippen molar-refractivity contribution in [2.75, 3.05) is 11.1 Å². The van der Waals surface area contributed by atoms with Gasteiger partial charge in [0.25, 0.3) is 11.3 Å². The SMILES string of the molecule is O=C(CCSCc1nc2sc3c(c2c(=O)[nH]1)CCC3)Nc1ccc2c(c1)OC1(CCCC1)O2. The van der Waals surface area contributed by atoms with Gasteiger partial charge in [-0.05, 0) is 49.8 Å². The minimum atomic E-state index is -0.497. The van der Waals surface area contributed by atoms with E-state index in [4.69, 9.17) is 9.47 Å². The zero-order valence-electron chi connectivity index (χ0n) is 18.2. The molecule has 172 valence electrons. The quantitative estimate of drug-likeness (QED) is 0.490. The number of carbonyl (C=O) groups excluding carboxylic acids is 1. The zero-order valence-corrected chi connectivity index (χ0v) is 19.8. The second kappa shape index (κ2) is 8.36. The van der Waals surface area contributed by atoms with E-state index in [9.17, 15) is 9.59 Å². The molecular weight excluding hydrogens is 458 g/mol. The van der Waals surface area contributed by atoms with E-state index in [0.717, 1.165) is 60.9 Å². The van der Waals surface area contributed by atoms with Gasteiger partial charge in [0, 0.05) is 41.6 Å². The van der Waals surface area contributed by atoms with Crippen LogP contribution in [0.4, 0.5) is 5.69 Å². The molecule has 3 aliphatic rings. The molecule has 2 N–H and O–H groups in total. The minimum Gasteiger partial charge on any atom is -0.448 e. The number of hydrogen-bond acceptors (Lipinski definition) is 7. The molecule has 1 aliphatic heterocycles. The van der Waals surface area contributed by atoms with Gasteiger partial charge in [0.15, 0.2) is 11.5 Å². The Labute approximate surface area is 199 Å². The lowest BCUT2D eigenvalue weighted by Crippen LogP contribution is -2.34. The molecule has 1 amide bonds. The second-order valence-electron chi connectivity index (χ2n) is 8.88. The Morgan fingerprint density at radius 1 is 1.18 bits per heavy atom. The van der Waals surface area contributed by atoms with E-state index in [-0.39, 0.29) is 11.5 Å². The Morgan fingerprint density at radius 3 is 2.91 bits per heavy atom. The largest absolute Gasteiger partial charge is 0.448 e. The molecule has 1 fully saturated rings. The van der Waals surface area contributed by atoms with Crippen LogP contribution < -0.4 is 20.3 Å². The number of nitrogens with zero attached hydrogens (tertiary/aromatic N) is 1. The minimum absolute atomic E-state index is 0.0325. The topological polar surface area (TPSA) is 93.3 Å². The third-order valence-electron chi connectivity index (χ3n) is 6.52. The highest BCUT2D eigenvalue weighted by Gasteiger charge is 2.44. The van der Waals surface area contributed by atoms with E-state index < -0.39 is 5.79 Å². The third-order valence-corrected chi connectivity index (χ3v) is 8.68. The maximum Gasteiger partial charge on any atom is 0.259 e. The summed E-state index contributed by atoms with van der Waals surface area (Å²) in [5, 5.41) is 3.73. The Bertz CT molecular complexity index is 1290. The van der Waals surface area contributed by atoms with Crippen molar-refractivity contribution in [3.05, 3.63) is 44.8 Å². The summed E-state index contributed by atoms with van der Waals surface area (Å²) in [4.78, 5) is 34.7. The number of fused-ring (bicyclic) bond motifs is 4. The van der Waals surface area contributed by atoms with E-state index in [1.165, 1.54) is 10.4 Å². The predicted molar refractivity (Wildman–Crippen MR) is 131 cm³/mol. The van der Waals surface area contributed by atoms with Crippen molar-refractivity contribution >= 4 is 44.9 Å². The molecule has 0 unspecified atom stereocenters. The van der Waals surface area contributed by atoms with E-state index in [2.05, 4.69) is 15.3 Å². The maximum atomic E-state index is 12.5. The summed E-state index contributed by atoms with van der Waals surface area (Å²) in [6.45, 7) is 0. The smallest absolute Gasteiger partial charge is 0.259 e. The molecule has 2 aliphatic carbocycles. The van der Waals surface area contributed by atoms with Crippen molar-refractivity contribution < 1.29 is 14.3 Å². The number of anilines is 1. The highest BCUT2D eigenvalue weighted by Crippen LogP contribution is 2.47. The van der Waals surface area contributed by atoms with Gasteiger partial charge in [-0.1, -0.05) is 0 Å². The number of carbonyl (C=O) groups is 1. The first-order valence-electron chi connectivity index (χ1n) is 11.5. The number of thiophene rings is 1. The average Bonchev–Trinajstić information content (AvgIpc) is 3.55. The summed E-state index contributed by atoms with van der Waals surface area (Å²) in [7, 11) is 0. The highest BCUT2D eigenvalue weighted by atomic mass is 32.2. The van der Waals surface area contributed by atoms with Gasteiger partial charge in [-0.15, -0.1) is 11.3 Å². The molecule has 0 saturated heterocycles. The van der Waals surface area contributed by atoms with Crippen molar-refractivity contribution in [2.24, 2.45) is 0 Å². The van der Waals surface area contributed by atoms with Crippen LogP contribution >= 0.6 is 23.1 Å². The number of aromatic amines is 1. The standard InChI is InChI=1S/C24H25N3O4S2/c28-20(25-14-6-7-16-17(12-14)31-24(30-16)9-1-2-10-24)8-11-32-13-19-26-22(29)21-15-4-3-5-18(15)33-23(21)27-19/h6-7,12H,1-5,8-11,13H2,(H,25,28)(H,26,27,29). The number of thioether (sulfide) groups is 1. The number of benzene rings is 1. The van der Waals surface area contributed by atoms with Crippen LogP contribution in [0.15, 0.2) is 23.0 Å². The molecule has 9 heteroatoms. The lowest BCUT2D eigenvalue weighted by atomic mass is 10.2. The van der Waals surface area contributed by atoms with Crippen LogP contribution in [0.2, 0.25) is 0 Å². The first-order valence-corrected chi connectivity index (χ1v) is 13.5. The summed E-state index contributed by atoms with van der Waals surface area (Å²) >= 11 is 3.24. The fourth-order valence-electron chi connectivity index (χ4n) is 4.96. The van der Waals surface area contributed by atoms with Crippen molar-refractivity contribution in [1.29, 1.82) is 0 Å². The molecule has 6 rings (SSSR count). The van der Waals surface area contributed by atoms with Gasteiger partial charge in [0.1, 0.15) is 10.7 Å². The third kappa shape index (κ3) is 4.01. The molecule has 2 aromatic heterocycles. The number of aryl methyl sites for hydroxylation is 2. The molecule has 0 bridgehead atoms. The fourth-order valence-corrected chi connectivity index (χ4v) is 7.05. The van der Waals surface area contributed by atoms with E-state index in [1.807, 2.05) is 18.2 Å². The Morgan fingerprint density at radius 2 is 2.03 bits per heavy atom. The summed E-state index contributed by atoms with van der Waals surface area (Å²) in [6.07, 6.45) is 7.58. The zero-order chi connectivity index (χ0) is 22.4. The molecule has 7 nitrogen and oxygen atoms in total. The summed E-state index contributed by atoms with van der Waals surface area (Å²) in [5.41, 5.74) is 1.88. The monoisotopic (exact) mass is 483 g/mol. The number of rotatable bonds is 6. The van der Waals surface area contributed by atoms with Gasteiger partial charge in [-0.25, -0.2) is 4.98 Å². The van der Waals surface area contributed by atoms with E-state index >= 15 is 0 Å². The van der Waals surface area contributed by atoms with Gasteiger partial charge < -0.3 is 19.8 Å². The van der Waals surface area contributed by atoms with Crippen molar-refractivity contribution in [2.45, 2.75) is 62.9 Å². The number of aromatic nitrogens is 2. The lowest BCUT2D eigenvalue weighted by molar-refractivity contribution is -0.115. The summed E-state index contributed by atoms with van der Waals surface area (Å²) < 4.78 is 12.1.